The molecule has 0 aromatic heterocycles. The summed E-state index contributed by atoms with van der Waals surface area (Å²) in [7, 11) is 1.65. The van der Waals surface area contributed by atoms with Crippen LogP contribution in [0, 0.1) is 13.8 Å². The molecular formula is C19H29N3O3. The molecule has 0 atom stereocenters. The van der Waals surface area contributed by atoms with E-state index in [0.717, 1.165) is 30.6 Å². The summed E-state index contributed by atoms with van der Waals surface area (Å²) in [6.07, 6.45) is 0.820. The van der Waals surface area contributed by atoms with Crippen molar-refractivity contribution in [1.29, 1.82) is 0 Å². The van der Waals surface area contributed by atoms with Crippen LogP contribution in [0.2, 0.25) is 0 Å². The van der Waals surface area contributed by atoms with Crippen LogP contribution in [0.1, 0.15) is 27.9 Å². The van der Waals surface area contributed by atoms with E-state index in [2.05, 4.69) is 10.2 Å². The number of carbonyl (C=O) groups is 2. The minimum Gasteiger partial charge on any atom is -0.385 e. The molecular weight excluding hydrogens is 318 g/mol. The third kappa shape index (κ3) is 5.83. The van der Waals surface area contributed by atoms with E-state index in [4.69, 9.17) is 4.74 Å². The van der Waals surface area contributed by atoms with E-state index in [1.54, 1.807) is 7.11 Å². The maximum absolute atomic E-state index is 12.6. The molecule has 0 bridgehead atoms. The predicted molar refractivity (Wildman–Crippen MR) is 97.8 cm³/mol. The van der Waals surface area contributed by atoms with Crippen molar-refractivity contribution >= 4 is 11.8 Å². The largest absolute Gasteiger partial charge is 0.385 e. The average Bonchev–Trinajstić information content (AvgIpc) is 2.61. The molecule has 6 heteroatoms. The van der Waals surface area contributed by atoms with E-state index >= 15 is 0 Å². The van der Waals surface area contributed by atoms with Crippen LogP contribution in [0.3, 0.4) is 0 Å². The molecule has 1 fully saturated rings. The highest BCUT2D eigenvalue weighted by atomic mass is 16.5. The molecule has 1 heterocycles. The zero-order chi connectivity index (χ0) is 18.2. The van der Waals surface area contributed by atoms with Crippen LogP contribution >= 0.6 is 0 Å². The van der Waals surface area contributed by atoms with Gasteiger partial charge in [-0.3, -0.25) is 14.5 Å². The number of rotatable bonds is 7. The first-order chi connectivity index (χ1) is 12.0. The van der Waals surface area contributed by atoms with E-state index in [0.29, 0.717) is 32.8 Å². The van der Waals surface area contributed by atoms with Crippen molar-refractivity contribution in [2.45, 2.75) is 20.3 Å². The van der Waals surface area contributed by atoms with Crippen molar-refractivity contribution in [3.8, 4) is 0 Å². The van der Waals surface area contributed by atoms with Gasteiger partial charge < -0.3 is 15.0 Å². The molecule has 25 heavy (non-hydrogen) atoms. The lowest BCUT2D eigenvalue weighted by Gasteiger charge is -2.34. The quantitative estimate of drug-likeness (QED) is 0.753. The van der Waals surface area contributed by atoms with Gasteiger partial charge in [-0.1, -0.05) is 6.07 Å². The number of piperazine rings is 1. The number of amides is 2. The van der Waals surface area contributed by atoms with Crippen molar-refractivity contribution in [2.75, 3.05) is 53.0 Å². The number of nitrogens with zero attached hydrogens (tertiary/aromatic N) is 2. The monoisotopic (exact) mass is 347 g/mol. The number of benzene rings is 1. The molecule has 1 aliphatic rings. The lowest BCUT2D eigenvalue weighted by molar-refractivity contribution is -0.122. The Hall–Kier alpha value is -1.92. The van der Waals surface area contributed by atoms with Crippen LogP contribution in [0.4, 0.5) is 0 Å². The molecule has 1 aliphatic heterocycles. The van der Waals surface area contributed by atoms with Crippen LogP contribution in [0.15, 0.2) is 18.2 Å². The van der Waals surface area contributed by atoms with Gasteiger partial charge in [-0.15, -0.1) is 0 Å². The topological polar surface area (TPSA) is 61.9 Å². The Morgan fingerprint density at radius 2 is 1.84 bits per heavy atom. The molecule has 0 saturated carbocycles. The van der Waals surface area contributed by atoms with E-state index in [-0.39, 0.29) is 11.8 Å². The third-order valence-electron chi connectivity index (χ3n) is 4.63. The van der Waals surface area contributed by atoms with E-state index in [1.807, 2.05) is 36.9 Å². The van der Waals surface area contributed by atoms with Crippen molar-refractivity contribution in [2.24, 2.45) is 0 Å². The van der Waals surface area contributed by atoms with Gasteiger partial charge in [0, 0.05) is 52.0 Å². The normalized spacial score (nSPS) is 15.2. The number of hydrogen-bond donors (Lipinski definition) is 1. The number of hydrogen-bond acceptors (Lipinski definition) is 4. The fourth-order valence-corrected chi connectivity index (χ4v) is 2.87. The Morgan fingerprint density at radius 1 is 1.12 bits per heavy atom. The molecule has 1 aromatic rings. The van der Waals surface area contributed by atoms with Gasteiger partial charge in [0.2, 0.25) is 5.91 Å². The average molecular weight is 347 g/mol. The van der Waals surface area contributed by atoms with Gasteiger partial charge in [0.05, 0.1) is 6.54 Å². The lowest BCUT2D eigenvalue weighted by Crippen LogP contribution is -2.51. The van der Waals surface area contributed by atoms with Crippen LogP contribution in [-0.4, -0.2) is 74.6 Å². The molecule has 1 aromatic carbocycles. The molecule has 0 radical (unpaired) electrons. The van der Waals surface area contributed by atoms with Gasteiger partial charge in [-0.05, 0) is 43.5 Å². The highest BCUT2D eigenvalue weighted by Crippen LogP contribution is 2.13. The van der Waals surface area contributed by atoms with Gasteiger partial charge in [-0.2, -0.15) is 0 Å². The summed E-state index contributed by atoms with van der Waals surface area (Å²) in [5.41, 5.74) is 3.07. The number of ether oxygens (including phenoxy) is 1. The third-order valence-corrected chi connectivity index (χ3v) is 4.63. The minimum atomic E-state index is 0.0324. The van der Waals surface area contributed by atoms with Gasteiger partial charge >= 0.3 is 0 Å². The summed E-state index contributed by atoms with van der Waals surface area (Å²) in [6.45, 7) is 8.50. The SMILES string of the molecule is COCCCNC(=O)CN1CCN(C(=O)c2ccc(C)c(C)c2)CC1. The summed E-state index contributed by atoms with van der Waals surface area (Å²) in [6, 6.07) is 5.84. The van der Waals surface area contributed by atoms with Gasteiger partial charge in [0.1, 0.15) is 0 Å². The standard InChI is InChI=1S/C19H29N3O3/c1-15-5-6-17(13-16(15)2)19(24)22-10-8-21(9-11-22)14-18(23)20-7-4-12-25-3/h5-6,13H,4,7-12,14H2,1-3H3,(H,20,23). The smallest absolute Gasteiger partial charge is 0.253 e. The Kier molecular flexibility index (Phi) is 7.40. The Bertz CT molecular complexity index is 596. The molecule has 0 aliphatic carbocycles. The fourth-order valence-electron chi connectivity index (χ4n) is 2.87. The molecule has 0 unspecified atom stereocenters. The number of methoxy groups -OCH3 is 1. The Labute approximate surface area is 150 Å². The highest BCUT2D eigenvalue weighted by molar-refractivity contribution is 5.94. The molecule has 1 N–H and O–H groups in total. The van der Waals surface area contributed by atoms with Crippen molar-refractivity contribution < 1.29 is 14.3 Å². The summed E-state index contributed by atoms with van der Waals surface area (Å²) in [5.74, 6) is 0.108. The maximum atomic E-state index is 12.6. The van der Waals surface area contributed by atoms with Crippen LogP contribution < -0.4 is 5.32 Å². The van der Waals surface area contributed by atoms with Gasteiger partial charge in [0.25, 0.3) is 5.91 Å². The molecule has 6 nitrogen and oxygen atoms in total. The molecule has 2 rings (SSSR count). The van der Waals surface area contributed by atoms with E-state index in [1.165, 1.54) is 5.56 Å². The second-order valence-electron chi connectivity index (χ2n) is 6.56. The molecule has 2 amide bonds. The van der Waals surface area contributed by atoms with E-state index < -0.39 is 0 Å². The minimum absolute atomic E-state index is 0.0324. The first-order valence-corrected chi connectivity index (χ1v) is 8.86. The number of carbonyl (C=O) groups excluding carboxylic acids is 2. The first-order valence-electron chi connectivity index (χ1n) is 8.86. The van der Waals surface area contributed by atoms with Gasteiger partial charge in [-0.25, -0.2) is 0 Å². The summed E-state index contributed by atoms with van der Waals surface area (Å²) < 4.78 is 4.96. The number of nitrogens with one attached hydrogen (secondary N) is 1. The van der Waals surface area contributed by atoms with E-state index in [9.17, 15) is 9.59 Å². The van der Waals surface area contributed by atoms with Crippen molar-refractivity contribution in [3.63, 3.8) is 0 Å². The second kappa shape index (κ2) is 9.53. The maximum Gasteiger partial charge on any atom is 0.253 e. The predicted octanol–water partition coefficient (Wildman–Crippen LogP) is 1.21. The first kappa shape index (κ1) is 19.4. The summed E-state index contributed by atoms with van der Waals surface area (Å²) >= 11 is 0. The zero-order valence-corrected chi connectivity index (χ0v) is 15.5. The Morgan fingerprint density at radius 3 is 2.48 bits per heavy atom. The fraction of sp³-hybridized carbons (Fsp3) is 0.579. The van der Waals surface area contributed by atoms with Crippen LogP contribution in [0.5, 0.6) is 0 Å². The number of aryl methyl sites for hydroxylation is 2. The van der Waals surface area contributed by atoms with Crippen molar-refractivity contribution in [1.82, 2.24) is 15.1 Å². The van der Waals surface area contributed by atoms with Crippen LogP contribution in [-0.2, 0) is 9.53 Å². The molecule has 0 spiro atoms. The zero-order valence-electron chi connectivity index (χ0n) is 15.5. The Balaban J connectivity index is 1.76. The second-order valence-corrected chi connectivity index (χ2v) is 6.56. The summed E-state index contributed by atoms with van der Waals surface area (Å²) in [5, 5.41) is 2.89. The molecule has 138 valence electrons. The van der Waals surface area contributed by atoms with Crippen molar-refractivity contribution in [3.05, 3.63) is 34.9 Å². The van der Waals surface area contributed by atoms with Crippen LogP contribution in [0.25, 0.3) is 0 Å². The highest BCUT2D eigenvalue weighted by Gasteiger charge is 2.23. The summed E-state index contributed by atoms with van der Waals surface area (Å²) in [4.78, 5) is 28.5. The lowest BCUT2D eigenvalue weighted by atomic mass is 10.1. The molecule has 1 saturated heterocycles. The van der Waals surface area contributed by atoms with Gasteiger partial charge in [0.15, 0.2) is 0 Å².